The zero-order chi connectivity index (χ0) is 9.64. The fourth-order valence-electron chi connectivity index (χ4n) is 2.54. The van der Waals surface area contributed by atoms with E-state index in [4.69, 9.17) is 4.74 Å². The molecule has 0 N–H and O–H groups in total. The Kier molecular flexibility index (Phi) is 1.79. The van der Waals surface area contributed by atoms with E-state index in [0.29, 0.717) is 11.5 Å². The normalized spacial score (nSPS) is 31.0. The van der Waals surface area contributed by atoms with E-state index in [1.165, 1.54) is 20.0 Å². The molecular weight excluding hydrogens is 166 g/mol. The lowest BCUT2D eigenvalue weighted by Gasteiger charge is -2.53. The van der Waals surface area contributed by atoms with Crippen molar-refractivity contribution in [1.29, 1.82) is 0 Å². The molecule has 2 fully saturated rings. The van der Waals surface area contributed by atoms with Crippen LogP contribution < -0.4 is 0 Å². The summed E-state index contributed by atoms with van der Waals surface area (Å²) in [7, 11) is 1.46. The van der Waals surface area contributed by atoms with E-state index < -0.39 is 0 Å². The van der Waals surface area contributed by atoms with Crippen LogP contribution in [0.5, 0.6) is 0 Å². The van der Waals surface area contributed by atoms with Gasteiger partial charge in [-0.3, -0.25) is 0 Å². The summed E-state index contributed by atoms with van der Waals surface area (Å²) >= 11 is 0. The highest BCUT2D eigenvalue weighted by atomic mass is 16.5. The van der Waals surface area contributed by atoms with Crippen LogP contribution in [0.1, 0.15) is 26.7 Å². The molecule has 13 heavy (non-hydrogen) atoms. The van der Waals surface area contributed by atoms with Gasteiger partial charge in [-0.1, -0.05) is 13.8 Å². The minimum atomic E-state index is -0.156. The van der Waals surface area contributed by atoms with Gasteiger partial charge in [-0.25, -0.2) is 4.79 Å². The lowest BCUT2D eigenvalue weighted by Crippen LogP contribution is -2.64. The minimum Gasteiger partial charge on any atom is -0.453 e. The van der Waals surface area contributed by atoms with Crippen molar-refractivity contribution in [3.05, 3.63) is 0 Å². The third-order valence-electron chi connectivity index (χ3n) is 3.19. The van der Waals surface area contributed by atoms with Gasteiger partial charge in [0.25, 0.3) is 0 Å². The summed E-state index contributed by atoms with van der Waals surface area (Å²) in [6.07, 6.45) is 2.40. The largest absolute Gasteiger partial charge is 0.453 e. The third-order valence-corrected chi connectivity index (χ3v) is 3.19. The summed E-state index contributed by atoms with van der Waals surface area (Å²) in [4.78, 5) is 13.2. The highest BCUT2D eigenvalue weighted by molar-refractivity contribution is 5.69. The molecule has 3 heteroatoms. The molecule has 2 rings (SSSR count). The molecule has 0 aromatic heterocycles. The van der Waals surface area contributed by atoms with Crippen molar-refractivity contribution in [3.63, 3.8) is 0 Å². The molecular formula is C10H17NO2. The molecule has 1 aliphatic heterocycles. The van der Waals surface area contributed by atoms with Crippen LogP contribution in [-0.2, 0) is 4.74 Å². The maximum Gasteiger partial charge on any atom is 0.409 e. The van der Waals surface area contributed by atoms with Gasteiger partial charge in [-0.15, -0.1) is 0 Å². The highest BCUT2D eigenvalue weighted by Gasteiger charge is 2.54. The lowest BCUT2D eigenvalue weighted by molar-refractivity contribution is -0.0485. The van der Waals surface area contributed by atoms with E-state index in [1.807, 2.05) is 4.90 Å². The second-order valence-corrected chi connectivity index (χ2v) is 4.87. The molecule has 0 radical (unpaired) electrons. The van der Waals surface area contributed by atoms with Gasteiger partial charge in [0.1, 0.15) is 0 Å². The van der Waals surface area contributed by atoms with E-state index in [-0.39, 0.29) is 6.09 Å². The third kappa shape index (κ3) is 1.30. The number of carbonyl (C=O) groups is 1. The molecule has 0 aromatic carbocycles. The first-order valence-electron chi connectivity index (χ1n) is 4.91. The van der Waals surface area contributed by atoms with E-state index in [1.54, 1.807) is 0 Å². The van der Waals surface area contributed by atoms with Crippen molar-refractivity contribution in [2.24, 2.45) is 11.3 Å². The van der Waals surface area contributed by atoms with Crippen LogP contribution in [0.25, 0.3) is 0 Å². The maximum absolute atomic E-state index is 11.3. The van der Waals surface area contributed by atoms with Gasteiger partial charge in [-0.05, 0) is 18.8 Å². The van der Waals surface area contributed by atoms with Crippen molar-refractivity contribution in [3.8, 4) is 0 Å². The minimum absolute atomic E-state index is 0.156. The lowest BCUT2D eigenvalue weighted by atomic mass is 9.73. The number of carbonyl (C=O) groups excluding carboxylic acids is 1. The zero-order valence-electron chi connectivity index (χ0n) is 8.54. The molecule has 1 atom stereocenters. The van der Waals surface area contributed by atoms with Gasteiger partial charge in [-0.2, -0.15) is 0 Å². The van der Waals surface area contributed by atoms with Crippen LogP contribution in [0.15, 0.2) is 0 Å². The van der Waals surface area contributed by atoms with E-state index >= 15 is 0 Å². The van der Waals surface area contributed by atoms with Crippen molar-refractivity contribution in [2.75, 3.05) is 13.7 Å². The van der Waals surface area contributed by atoms with Crippen LogP contribution in [0, 0.1) is 11.3 Å². The molecule has 0 aromatic rings. The molecule has 0 bridgehead atoms. The molecule has 1 saturated heterocycles. The molecule has 0 spiro atoms. The highest BCUT2D eigenvalue weighted by Crippen LogP contribution is 2.50. The Morgan fingerprint density at radius 1 is 1.46 bits per heavy atom. The van der Waals surface area contributed by atoms with Crippen molar-refractivity contribution >= 4 is 6.09 Å². The van der Waals surface area contributed by atoms with Crippen LogP contribution in [0.2, 0.25) is 0 Å². The first-order chi connectivity index (χ1) is 6.06. The fourth-order valence-corrected chi connectivity index (χ4v) is 2.54. The Morgan fingerprint density at radius 3 is 2.46 bits per heavy atom. The maximum atomic E-state index is 11.3. The summed E-state index contributed by atoms with van der Waals surface area (Å²) in [5, 5.41) is 0. The Bertz CT molecular complexity index is 233. The number of likely N-dealkylation sites (tertiary alicyclic amines) is 1. The number of amides is 1. The summed E-state index contributed by atoms with van der Waals surface area (Å²) in [5.41, 5.74) is 0.301. The van der Waals surface area contributed by atoms with Gasteiger partial charge in [0, 0.05) is 18.0 Å². The van der Waals surface area contributed by atoms with Gasteiger partial charge in [0.2, 0.25) is 0 Å². The van der Waals surface area contributed by atoms with Crippen LogP contribution >= 0.6 is 0 Å². The quantitative estimate of drug-likeness (QED) is 0.621. The van der Waals surface area contributed by atoms with Crippen LogP contribution in [0.3, 0.4) is 0 Å². The van der Waals surface area contributed by atoms with Crippen LogP contribution in [0.4, 0.5) is 4.79 Å². The summed E-state index contributed by atoms with van der Waals surface area (Å²) in [6, 6.07) is 0.431. The molecule has 1 heterocycles. The number of nitrogens with zero attached hydrogens (tertiary/aromatic N) is 1. The molecule has 2 aliphatic rings. The first kappa shape index (κ1) is 8.85. The van der Waals surface area contributed by atoms with Crippen molar-refractivity contribution in [2.45, 2.75) is 32.7 Å². The Hall–Kier alpha value is -0.730. The zero-order valence-corrected chi connectivity index (χ0v) is 8.54. The average molecular weight is 183 g/mol. The second kappa shape index (κ2) is 2.63. The standard InChI is InChI=1S/C10H17NO2/c1-10(2)6-11(9(12)13-3)8(10)7-4-5-7/h7-8H,4-6H2,1-3H3. The topological polar surface area (TPSA) is 29.5 Å². The Labute approximate surface area is 79.0 Å². The SMILES string of the molecule is COC(=O)N1CC(C)(C)C1C1CC1. The number of ether oxygens (including phenoxy) is 1. The predicted molar refractivity (Wildman–Crippen MR) is 49.4 cm³/mol. The second-order valence-electron chi connectivity index (χ2n) is 4.87. The molecule has 3 nitrogen and oxygen atoms in total. The molecule has 1 amide bonds. The molecule has 1 unspecified atom stereocenters. The Morgan fingerprint density at radius 2 is 2.08 bits per heavy atom. The number of methoxy groups -OCH3 is 1. The van der Waals surface area contributed by atoms with Gasteiger partial charge >= 0.3 is 6.09 Å². The smallest absolute Gasteiger partial charge is 0.409 e. The molecule has 1 saturated carbocycles. The first-order valence-corrected chi connectivity index (χ1v) is 4.91. The van der Waals surface area contributed by atoms with Crippen molar-refractivity contribution < 1.29 is 9.53 Å². The van der Waals surface area contributed by atoms with Gasteiger partial charge in [0.05, 0.1) is 7.11 Å². The fraction of sp³-hybridized carbons (Fsp3) is 0.900. The summed E-state index contributed by atoms with van der Waals surface area (Å²) < 4.78 is 4.74. The average Bonchev–Trinajstić information content (AvgIpc) is 2.83. The summed E-state index contributed by atoms with van der Waals surface area (Å²) in [5.74, 6) is 0.739. The number of rotatable bonds is 1. The Balaban J connectivity index is 2.04. The molecule has 74 valence electrons. The molecule has 1 aliphatic carbocycles. The van der Waals surface area contributed by atoms with E-state index in [2.05, 4.69) is 13.8 Å². The van der Waals surface area contributed by atoms with Crippen molar-refractivity contribution in [1.82, 2.24) is 4.90 Å². The number of hydrogen-bond acceptors (Lipinski definition) is 2. The predicted octanol–water partition coefficient (Wildman–Crippen LogP) is 1.87. The van der Waals surface area contributed by atoms with E-state index in [9.17, 15) is 4.79 Å². The summed E-state index contributed by atoms with van der Waals surface area (Å²) in [6.45, 7) is 5.31. The number of hydrogen-bond donors (Lipinski definition) is 0. The van der Waals surface area contributed by atoms with Gasteiger partial charge < -0.3 is 9.64 Å². The van der Waals surface area contributed by atoms with E-state index in [0.717, 1.165) is 12.5 Å². The van der Waals surface area contributed by atoms with Gasteiger partial charge in [0.15, 0.2) is 0 Å². The van der Waals surface area contributed by atoms with Crippen LogP contribution in [-0.4, -0.2) is 30.7 Å². The monoisotopic (exact) mass is 183 g/mol.